The van der Waals surface area contributed by atoms with E-state index in [2.05, 4.69) is 5.32 Å². The lowest BCUT2D eigenvalue weighted by Gasteiger charge is -2.26. The predicted octanol–water partition coefficient (Wildman–Crippen LogP) is -1.65. The van der Waals surface area contributed by atoms with Gasteiger partial charge in [-0.15, -0.1) is 0 Å². The van der Waals surface area contributed by atoms with Crippen LogP contribution in [0.3, 0.4) is 0 Å². The first-order valence-electron chi connectivity index (χ1n) is 6.11. The highest BCUT2D eigenvalue weighted by molar-refractivity contribution is 7.90. The molecule has 1 rings (SSSR count). The van der Waals surface area contributed by atoms with Crippen LogP contribution in [0.5, 0.6) is 0 Å². The predicted molar refractivity (Wildman–Crippen MR) is 70.8 cm³/mol. The van der Waals surface area contributed by atoms with E-state index in [0.29, 0.717) is 0 Å². The fraction of sp³-hybridized carbons (Fsp3) is 0.818. The maximum Gasteiger partial charge on any atom is 0.313 e. The van der Waals surface area contributed by atoms with Crippen molar-refractivity contribution in [2.45, 2.75) is 25.4 Å². The molecule has 0 aromatic heterocycles. The summed E-state index contributed by atoms with van der Waals surface area (Å²) < 4.78 is 27.1. The number of hydrogen-bond donors (Lipinski definition) is 3. The molecule has 0 spiro atoms. The maximum atomic E-state index is 11.8. The van der Waals surface area contributed by atoms with E-state index in [1.807, 2.05) is 0 Å². The molecule has 116 valence electrons. The third-order valence-corrected chi connectivity index (χ3v) is 4.37. The van der Waals surface area contributed by atoms with Gasteiger partial charge in [-0.05, 0) is 13.3 Å². The van der Waals surface area contributed by atoms with Crippen LogP contribution in [0.2, 0.25) is 0 Å². The largest absolute Gasteiger partial charge is 0.481 e. The Hall–Kier alpha value is -1.19. The van der Waals surface area contributed by atoms with Crippen LogP contribution in [0.25, 0.3) is 0 Å². The Balaban J connectivity index is 2.59. The molecule has 1 amide bonds. The van der Waals surface area contributed by atoms with Crippen LogP contribution >= 0.6 is 0 Å². The summed E-state index contributed by atoms with van der Waals surface area (Å²) in [6.07, 6.45) is 1.05. The molecule has 1 saturated heterocycles. The topological polar surface area (TPSA) is 136 Å². The average molecular weight is 308 g/mol. The lowest BCUT2D eigenvalue weighted by molar-refractivity contribution is -0.149. The molecule has 0 saturated carbocycles. The molecule has 20 heavy (non-hydrogen) atoms. The van der Waals surface area contributed by atoms with E-state index < -0.39 is 39.2 Å². The summed E-state index contributed by atoms with van der Waals surface area (Å²) in [4.78, 5) is 23.0. The van der Waals surface area contributed by atoms with Crippen molar-refractivity contribution in [3.63, 3.8) is 0 Å². The number of amides is 1. The first kappa shape index (κ1) is 16.9. The van der Waals surface area contributed by atoms with E-state index in [1.54, 1.807) is 0 Å². The minimum atomic E-state index is -3.20. The van der Waals surface area contributed by atoms with E-state index in [1.165, 1.54) is 6.92 Å². The minimum absolute atomic E-state index is 0.00581. The summed E-state index contributed by atoms with van der Waals surface area (Å²) in [5.74, 6) is -1.83. The number of nitrogens with two attached hydrogens (primary N) is 1. The molecule has 0 aromatic carbocycles. The van der Waals surface area contributed by atoms with Crippen LogP contribution in [-0.2, 0) is 24.2 Å². The zero-order chi connectivity index (χ0) is 15.6. The van der Waals surface area contributed by atoms with Crippen molar-refractivity contribution >= 4 is 21.7 Å². The van der Waals surface area contributed by atoms with Gasteiger partial charge in [0.2, 0.25) is 5.91 Å². The molecule has 0 radical (unpaired) electrons. The molecular weight excluding hydrogens is 288 g/mol. The van der Waals surface area contributed by atoms with Crippen molar-refractivity contribution in [2.24, 2.45) is 11.1 Å². The molecular formula is C11H20N2O6S. The first-order valence-corrected chi connectivity index (χ1v) is 8.17. The van der Waals surface area contributed by atoms with Gasteiger partial charge in [-0.3, -0.25) is 9.59 Å². The Labute approximate surface area is 117 Å². The Kier molecular flexibility index (Phi) is 5.11. The molecule has 0 aliphatic carbocycles. The smallest absolute Gasteiger partial charge is 0.313 e. The second-order valence-corrected chi connectivity index (χ2v) is 7.58. The fourth-order valence-corrected chi connectivity index (χ4v) is 2.52. The number of carbonyl (C=O) groups excluding carboxylic acids is 1. The van der Waals surface area contributed by atoms with Crippen LogP contribution in [0, 0.1) is 5.41 Å². The molecule has 3 unspecified atom stereocenters. The summed E-state index contributed by atoms with van der Waals surface area (Å²) in [5, 5.41) is 11.7. The molecule has 1 heterocycles. The maximum absolute atomic E-state index is 11.8. The molecule has 1 aliphatic rings. The molecule has 0 bridgehead atoms. The highest BCUT2D eigenvalue weighted by atomic mass is 32.2. The lowest BCUT2D eigenvalue weighted by atomic mass is 9.85. The number of rotatable bonds is 6. The molecule has 0 aromatic rings. The number of carboxylic acids is 1. The quantitative estimate of drug-likeness (QED) is 0.535. The highest BCUT2D eigenvalue weighted by Crippen LogP contribution is 2.28. The summed E-state index contributed by atoms with van der Waals surface area (Å²) in [6.45, 7) is 1.58. The lowest BCUT2D eigenvalue weighted by Crippen LogP contribution is -2.53. The van der Waals surface area contributed by atoms with Gasteiger partial charge in [-0.2, -0.15) is 0 Å². The van der Waals surface area contributed by atoms with Crippen LogP contribution in [0.1, 0.15) is 13.3 Å². The highest BCUT2D eigenvalue weighted by Gasteiger charge is 2.47. The Morgan fingerprint density at radius 2 is 2.15 bits per heavy atom. The average Bonchev–Trinajstić information content (AvgIpc) is 2.68. The van der Waals surface area contributed by atoms with E-state index in [4.69, 9.17) is 15.6 Å². The minimum Gasteiger partial charge on any atom is -0.481 e. The number of carboxylic acid groups (broad SMARTS) is 1. The van der Waals surface area contributed by atoms with Gasteiger partial charge in [0, 0.05) is 6.26 Å². The SMILES string of the molecule is CC1(C(=O)O)COCC1NC(=O)C(N)CCS(C)(=O)=O. The zero-order valence-electron chi connectivity index (χ0n) is 11.5. The van der Waals surface area contributed by atoms with Crippen LogP contribution in [0.4, 0.5) is 0 Å². The third-order valence-electron chi connectivity index (χ3n) is 3.40. The van der Waals surface area contributed by atoms with Gasteiger partial charge in [0.25, 0.3) is 0 Å². The van der Waals surface area contributed by atoms with Crippen molar-refractivity contribution in [1.82, 2.24) is 5.32 Å². The van der Waals surface area contributed by atoms with Crippen LogP contribution < -0.4 is 11.1 Å². The monoisotopic (exact) mass is 308 g/mol. The molecule has 3 atom stereocenters. The van der Waals surface area contributed by atoms with Gasteiger partial charge >= 0.3 is 5.97 Å². The number of ether oxygens (including phenoxy) is 1. The summed E-state index contributed by atoms with van der Waals surface area (Å²) in [5.41, 5.74) is 4.40. The molecule has 9 heteroatoms. The number of aliphatic carboxylic acids is 1. The third kappa shape index (κ3) is 4.15. The van der Waals surface area contributed by atoms with Crippen molar-refractivity contribution in [3.8, 4) is 0 Å². The number of nitrogens with one attached hydrogen (secondary N) is 1. The summed E-state index contributed by atoms with van der Waals surface area (Å²) in [6, 6.07) is -1.68. The van der Waals surface area contributed by atoms with E-state index in [0.717, 1.165) is 6.26 Å². The fourth-order valence-electron chi connectivity index (χ4n) is 1.84. The first-order chi connectivity index (χ1) is 9.06. The second-order valence-electron chi connectivity index (χ2n) is 5.32. The van der Waals surface area contributed by atoms with E-state index in [-0.39, 0.29) is 25.4 Å². The van der Waals surface area contributed by atoms with Crippen LogP contribution in [-0.4, -0.2) is 62.7 Å². The van der Waals surface area contributed by atoms with Gasteiger partial charge in [0.15, 0.2) is 0 Å². The molecule has 4 N–H and O–H groups in total. The normalized spacial score (nSPS) is 28.1. The summed E-state index contributed by atoms with van der Waals surface area (Å²) in [7, 11) is -3.20. The van der Waals surface area contributed by atoms with Gasteiger partial charge in [0.05, 0.1) is 31.1 Å². The zero-order valence-corrected chi connectivity index (χ0v) is 12.3. The van der Waals surface area contributed by atoms with Crippen LogP contribution in [0.15, 0.2) is 0 Å². The van der Waals surface area contributed by atoms with Gasteiger partial charge in [-0.25, -0.2) is 8.42 Å². The number of hydrogen-bond acceptors (Lipinski definition) is 6. The van der Waals surface area contributed by atoms with Gasteiger partial charge in [0.1, 0.15) is 15.3 Å². The molecule has 1 aliphatic heterocycles. The summed E-state index contributed by atoms with van der Waals surface area (Å²) >= 11 is 0. The van der Waals surface area contributed by atoms with E-state index >= 15 is 0 Å². The van der Waals surface area contributed by atoms with Crippen molar-refractivity contribution in [1.29, 1.82) is 0 Å². The molecule has 1 fully saturated rings. The Bertz CT molecular complexity index is 491. The van der Waals surface area contributed by atoms with Gasteiger partial charge in [-0.1, -0.05) is 0 Å². The van der Waals surface area contributed by atoms with Gasteiger partial charge < -0.3 is 20.9 Å². The van der Waals surface area contributed by atoms with Crippen molar-refractivity contribution in [2.75, 3.05) is 25.2 Å². The number of carbonyl (C=O) groups is 2. The second kappa shape index (κ2) is 6.06. The standard InChI is InChI=1S/C11H20N2O6S/c1-11(10(15)16)6-19-5-8(11)13-9(14)7(12)3-4-20(2,17)18/h7-8H,3-6,12H2,1-2H3,(H,13,14)(H,15,16). The van der Waals surface area contributed by atoms with E-state index in [9.17, 15) is 18.0 Å². The Morgan fingerprint density at radius 3 is 2.65 bits per heavy atom. The molecule has 8 nitrogen and oxygen atoms in total. The van der Waals surface area contributed by atoms with Crippen molar-refractivity contribution in [3.05, 3.63) is 0 Å². The number of sulfone groups is 1. The van der Waals surface area contributed by atoms with Crippen molar-refractivity contribution < 1.29 is 27.9 Å². The Morgan fingerprint density at radius 1 is 1.55 bits per heavy atom.